The van der Waals surface area contributed by atoms with Crippen LogP contribution in [-0.4, -0.2) is 5.11 Å². The largest absolute Gasteiger partial charge is 0.508 e. The van der Waals surface area contributed by atoms with Gasteiger partial charge in [0.15, 0.2) is 0 Å². The lowest BCUT2D eigenvalue weighted by Crippen LogP contribution is -2.22. The highest BCUT2D eigenvalue weighted by Gasteiger charge is 2.28. The molecule has 2 aromatic rings. The molecule has 0 aliphatic rings. The standard InChI is InChI=1S/C24H34O/c1-5-7-8-9-15-20-19(13-6-2)14-12-17-21(20)24(3,4)22-16-10-11-18-23(22)25/h10-12,14,16-18,25H,5-9,13,15H2,1-4H3. The van der Waals surface area contributed by atoms with Crippen LogP contribution >= 0.6 is 0 Å². The van der Waals surface area contributed by atoms with Gasteiger partial charge in [0.1, 0.15) is 5.75 Å². The second-order valence-electron chi connectivity index (χ2n) is 7.65. The summed E-state index contributed by atoms with van der Waals surface area (Å²) in [7, 11) is 0. The molecule has 0 saturated carbocycles. The van der Waals surface area contributed by atoms with Gasteiger partial charge in [0.2, 0.25) is 0 Å². The van der Waals surface area contributed by atoms with E-state index >= 15 is 0 Å². The minimum atomic E-state index is -0.199. The third-order valence-electron chi connectivity index (χ3n) is 5.32. The summed E-state index contributed by atoms with van der Waals surface area (Å²) in [6, 6.07) is 14.5. The number of para-hydroxylation sites is 1. The number of phenolic OH excluding ortho intramolecular Hbond substituents is 1. The molecule has 2 rings (SSSR count). The number of unbranched alkanes of at least 4 members (excludes halogenated alkanes) is 3. The summed E-state index contributed by atoms with van der Waals surface area (Å²) in [5, 5.41) is 10.4. The molecule has 1 N–H and O–H groups in total. The molecule has 0 aliphatic heterocycles. The van der Waals surface area contributed by atoms with E-state index in [-0.39, 0.29) is 5.41 Å². The molecule has 1 nitrogen and oxygen atoms in total. The molecule has 0 heterocycles. The number of aryl methyl sites for hydroxylation is 1. The van der Waals surface area contributed by atoms with E-state index in [2.05, 4.69) is 52.0 Å². The fourth-order valence-corrected chi connectivity index (χ4v) is 3.89. The van der Waals surface area contributed by atoms with E-state index in [0.29, 0.717) is 5.75 Å². The summed E-state index contributed by atoms with van der Waals surface area (Å²) < 4.78 is 0. The Balaban J connectivity index is 2.44. The van der Waals surface area contributed by atoms with Crippen LogP contribution in [0, 0.1) is 0 Å². The molecule has 0 radical (unpaired) electrons. The summed E-state index contributed by atoms with van der Waals surface area (Å²) in [5.41, 5.74) is 5.18. The number of benzene rings is 2. The Morgan fingerprint density at radius 2 is 1.48 bits per heavy atom. The molecule has 0 amide bonds. The van der Waals surface area contributed by atoms with Crippen LogP contribution in [0.15, 0.2) is 42.5 Å². The first-order valence-electron chi connectivity index (χ1n) is 9.92. The summed E-state index contributed by atoms with van der Waals surface area (Å²) in [5.74, 6) is 0.394. The van der Waals surface area contributed by atoms with Crippen LogP contribution in [0.4, 0.5) is 0 Å². The molecule has 1 heteroatoms. The van der Waals surface area contributed by atoms with Crippen LogP contribution in [0.3, 0.4) is 0 Å². The van der Waals surface area contributed by atoms with Gasteiger partial charge in [-0.1, -0.05) is 89.8 Å². The molecule has 2 aromatic carbocycles. The monoisotopic (exact) mass is 338 g/mol. The van der Waals surface area contributed by atoms with Gasteiger partial charge in [0, 0.05) is 11.0 Å². The number of aromatic hydroxyl groups is 1. The van der Waals surface area contributed by atoms with E-state index in [1.807, 2.05) is 12.1 Å². The highest BCUT2D eigenvalue weighted by atomic mass is 16.3. The predicted molar refractivity (Wildman–Crippen MR) is 109 cm³/mol. The Hall–Kier alpha value is -1.76. The summed E-state index contributed by atoms with van der Waals surface area (Å²) >= 11 is 0. The van der Waals surface area contributed by atoms with Gasteiger partial charge in [-0.25, -0.2) is 0 Å². The van der Waals surface area contributed by atoms with Gasteiger partial charge in [-0.15, -0.1) is 0 Å². The van der Waals surface area contributed by atoms with Gasteiger partial charge in [-0.05, 0) is 42.0 Å². The smallest absolute Gasteiger partial charge is 0.119 e. The lowest BCUT2D eigenvalue weighted by molar-refractivity contribution is 0.452. The van der Waals surface area contributed by atoms with Crippen molar-refractivity contribution >= 4 is 0 Å². The molecule has 0 bridgehead atoms. The zero-order valence-electron chi connectivity index (χ0n) is 16.4. The van der Waals surface area contributed by atoms with Gasteiger partial charge < -0.3 is 5.11 Å². The van der Waals surface area contributed by atoms with E-state index in [1.165, 1.54) is 48.8 Å². The van der Waals surface area contributed by atoms with Gasteiger partial charge in [0.25, 0.3) is 0 Å². The van der Waals surface area contributed by atoms with Crippen LogP contribution in [0.5, 0.6) is 5.75 Å². The zero-order chi connectivity index (χ0) is 18.3. The average Bonchev–Trinajstić information content (AvgIpc) is 2.60. The molecule has 0 aliphatic carbocycles. The van der Waals surface area contributed by atoms with Gasteiger partial charge in [-0.2, -0.15) is 0 Å². The minimum Gasteiger partial charge on any atom is -0.508 e. The Labute approximate surface area is 154 Å². The number of hydrogen-bond donors (Lipinski definition) is 1. The van der Waals surface area contributed by atoms with E-state index in [1.54, 1.807) is 6.07 Å². The summed E-state index contributed by atoms with van der Waals surface area (Å²) in [6.07, 6.45) is 8.57. The van der Waals surface area contributed by atoms with E-state index < -0.39 is 0 Å². The molecular weight excluding hydrogens is 304 g/mol. The number of rotatable bonds is 9. The maximum absolute atomic E-state index is 10.4. The van der Waals surface area contributed by atoms with Crippen molar-refractivity contribution in [3.05, 3.63) is 64.7 Å². The van der Waals surface area contributed by atoms with E-state index in [9.17, 15) is 5.11 Å². The fourth-order valence-electron chi connectivity index (χ4n) is 3.89. The molecule has 0 fully saturated rings. The first-order chi connectivity index (χ1) is 12.0. The van der Waals surface area contributed by atoms with Crippen molar-refractivity contribution in [3.8, 4) is 5.75 Å². The van der Waals surface area contributed by atoms with Crippen LogP contribution in [-0.2, 0) is 18.3 Å². The highest BCUT2D eigenvalue weighted by molar-refractivity contribution is 5.50. The Morgan fingerprint density at radius 1 is 0.760 bits per heavy atom. The summed E-state index contributed by atoms with van der Waals surface area (Å²) in [4.78, 5) is 0. The van der Waals surface area contributed by atoms with Crippen molar-refractivity contribution in [3.63, 3.8) is 0 Å². The van der Waals surface area contributed by atoms with Crippen molar-refractivity contribution in [1.29, 1.82) is 0 Å². The highest BCUT2D eigenvalue weighted by Crippen LogP contribution is 2.39. The number of hydrogen-bond acceptors (Lipinski definition) is 1. The first-order valence-corrected chi connectivity index (χ1v) is 9.92. The van der Waals surface area contributed by atoms with Crippen molar-refractivity contribution in [2.45, 2.75) is 78.1 Å². The van der Waals surface area contributed by atoms with Crippen molar-refractivity contribution < 1.29 is 5.11 Å². The third kappa shape index (κ3) is 4.66. The predicted octanol–water partition coefficient (Wildman–Crippen LogP) is 6.79. The molecule has 0 spiro atoms. The van der Waals surface area contributed by atoms with Crippen molar-refractivity contribution in [1.82, 2.24) is 0 Å². The average molecular weight is 339 g/mol. The van der Waals surface area contributed by atoms with Gasteiger partial charge in [0.05, 0.1) is 0 Å². The topological polar surface area (TPSA) is 20.2 Å². The van der Waals surface area contributed by atoms with E-state index in [4.69, 9.17) is 0 Å². The fraction of sp³-hybridized carbons (Fsp3) is 0.500. The first kappa shape index (κ1) is 19.6. The zero-order valence-corrected chi connectivity index (χ0v) is 16.4. The number of phenols is 1. The van der Waals surface area contributed by atoms with E-state index in [0.717, 1.165) is 18.4 Å². The van der Waals surface area contributed by atoms with Crippen LogP contribution in [0.25, 0.3) is 0 Å². The lowest BCUT2D eigenvalue weighted by atomic mass is 9.73. The SMILES string of the molecule is CCCCCCc1c(CCC)cccc1C(C)(C)c1ccccc1O. The normalized spacial score (nSPS) is 11.7. The third-order valence-corrected chi connectivity index (χ3v) is 5.32. The van der Waals surface area contributed by atoms with Gasteiger partial charge in [-0.3, -0.25) is 0 Å². The molecule has 0 atom stereocenters. The lowest BCUT2D eigenvalue weighted by Gasteiger charge is -2.30. The minimum absolute atomic E-state index is 0.199. The summed E-state index contributed by atoms with van der Waals surface area (Å²) in [6.45, 7) is 8.99. The van der Waals surface area contributed by atoms with Crippen molar-refractivity contribution in [2.75, 3.05) is 0 Å². The second-order valence-corrected chi connectivity index (χ2v) is 7.65. The molecule has 0 aromatic heterocycles. The Kier molecular flexibility index (Phi) is 7.11. The molecule has 0 unspecified atom stereocenters. The molecule has 25 heavy (non-hydrogen) atoms. The van der Waals surface area contributed by atoms with Crippen molar-refractivity contribution in [2.24, 2.45) is 0 Å². The molecule has 136 valence electrons. The van der Waals surface area contributed by atoms with Crippen LogP contribution in [0.2, 0.25) is 0 Å². The molecule has 0 saturated heterocycles. The second kappa shape index (κ2) is 9.08. The van der Waals surface area contributed by atoms with Crippen LogP contribution in [0.1, 0.15) is 82.1 Å². The van der Waals surface area contributed by atoms with Gasteiger partial charge >= 0.3 is 0 Å². The quantitative estimate of drug-likeness (QED) is 0.499. The maximum atomic E-state index is 10.4. The molecular formula is C24H34O. The Morgan fingerprint density at radius 3 is 2.16 bits per heavy atom. The van der Waals surface area contributed by atoms with Crippen LogP contribution < -0.4 is 0 Å². The Bertz CT molecular complexity index is 670. The maximum Gasteiger partial charge on any atom is 0.119 e.